The molecule has 1 aliphatic heterocycles. The third-order valence-electron chi connectivity index (χ3n) is 3.41. The largest absolute Gasteiger partial charge is 0.342 e. The highest BCUT2D eigenvalue weighted by molar-refractivity contribution is 5.76. The first-order chi connectivity index (χ1) is 7.17. The van der Waals surface area contributed by atoms with E-state index in [1.54, 1.807) is 0 Å². The Bertz CT molecular complexity index is 206. The molecule has 2 unspecified atom stereocenters. The van der Waals surface area contributed by atoms with Crippen LogP contribution >= 0.6 is 0 Å². The van der Waals surface area contributed by atoms with Crippen LogP contribution in [0, 0.1) is 5.92 Å². The van der Waals surface area contributed by atoms with Gasteiger partial charge in [0.2, 0.25) is 5.91 Å². The van der Waals surface area contributed by atoms with Gasteiger partial charge in [-0.1, -0.05) is 20.3 Å². The molecule has 1 fully saturated rings. The Balaban J connectivity index is 2.38. The number of nitrogens with two attached hydrogens (primary N) is 1. The van der Waals surface area contributed by atoms with Crippen molar-refractivity contribution in [1.82, 2.24) is 4.90 Å². The first-order valence-corrected chi connectivity index (χ1v) is 6.20. The lowest BCUT2D eigenvalue weighted by atomic mass is 9.95. The van der Waals surface area contributed by atoms with E-state index in [1.165, 1.54) is 12.8 Å². The number of amides is 1. The third-order valence-corrected chi connectivity index (χ3v) is 3.41. The highest BCUT2D eigenvalue weighted by Crippen LogP contribution is 2.19. The number of carbonyl (C=O) groups excluding carboxylic acids is 1. The van der Waals surface area contributed by atoms with Crippen LogP contribution in [-0.4, -0.2) is 29.9 Å². The summed E-state index contributed by atoms with van der Waals surface area (Å²) < 4.78 is 0. The molecule has 2 atom stereocenters. The van der Waals surface area contributed by atoms with Crippen LogP contribution in [0.4, 0.5) is 0 Å². The van der Waals surface area contributed by atoms with Gasteiger partial charge in [-0.15, -0.1) is 0 Å². The fourth-order valence-corrected chi connectivity index (χ4v) is 2.12. The highest BCUT2D eigenvalue weighted by Gasteiger charge is 2.23. The molecule has 0 spiro atoms. The summed E-state index contributed by atoms with van der Waals surface area (Å²) in [6.07, 6.45) is 5.03. The number of likely N-dealkylation sites (tertiary alicyclic amines) is 1. The van der Waals surface area contributed by atoms with Gasteiger partial charge in [0.05, 0.1) is 0 Å². The van der Waals surface area contributed by atoms with Gasteiger partial charge in [0.25, 0.3) is 0 Å². The Labute approximate surface area is 93.0 Å². The average molecular weight is 212 g/mol. The Morgan fingerprint density at radius 1 is 1.53 bits per heavy atom. The molecule has 1 amide bonds. The number of nitrogens with zero attached hydrogens (tertiary/aromatic N) is 1. The third kappa shape index (κ3) is 3.82. The standard InChI is InChI=1S/C12H24N2O/c1-3-10-6-5-7-14(9-10)12(15)8-11(13)4-2/h10-11H,3-9,13H2,1-2H3. The Kier molecular flexibility index (Phi) is 5.09. The Morgan fingerprint density at radius 2 is 2.27 bits per heavy atom. The minimum atomic E-state index is 0.0412. The van der Waals surface area contributed by atoms with Crippen LogP contribution in [0.25, 0.3) is 0 Å². The van der Waals surface area contributed by atoms with Crippen LogP contribution in [0.2, 0.25) is 0 Å². The molecule has 1 rings (SSSR count). The lowest BCUT2D eigenvalue weighted by molar-refractivity contribution is -0.133. The van der Waals surface area contributed by atoms with Crippen molar-refractivity contribution in [1.29, 1.82) is 0 Å². The molecule has 2 N–H and O–H groups in total. The van der Waals surface area contributed by atoms with Gasteiger partial charge in [0.15, 0.2) is 0 Å². The van der Waals surface area contributed by atoms with E-state index >= 15 is 0 Å². The minimum Gasteiger partial charge on any atom is -0.342 e. The van der Waals surface area contributed by atoms with E-state index in [4.69, 9.17) is 5.73 Å². The van der Waals surface area contributed by atoms with Gasteiger partial charge < -0.3 is 10.6 Å². The summed E-state index contributed by atoms with van der Waals surface area (Å²) in [7, 11) is 0. The van der Waals surface area contributed by atoms with Gasteiger partial charge in [0.1, 0.15) is 0 Å². The molecule has 0 aliphatic carbocycles. The molecule has 0 aromatic rings. The quantitative estimate of drug-likeness (QED) is 0.772. The maximum Gasteiger partial charge on any atom is 0.224 e. The summed E-state index contributed by atoms with van der Waals surface area (Å²) in [6, 6.07) is 0.0412. The van der Waals surface area contributed by atoms with Crippen molar-refractivity contribution in [3.8, 4) is 0 Å². The predicted octanol–water partition coefficient (Wildman–Crippen LogP) is 1.76. The lowest BCUT2D eigenvalue weighted by Gasteiger charge is -2.32. The summed E-state index contributed by atoms with van der Waals surface area (Å²) in [5, 5.41) is 0. The molecule has 88 valence electrons. The zero-order chi connectivity index (χ0) is 11.3. The van der Waals surface area contributed by atoms with E-state index in [2.05, 4.69) is 6.92 Å². The monoisotopic (exact) mass is 212 g/mol. The maximum absolute atomic E-state index is 11.9. The SMILES string of the molecule is CCC(N)CC(=O)N1CCCC(CC)C1. The van der Waals surface area contributed by atoms with E-state index in [-0.39, 0.29) is 11.9 Å². The summed E-state index contributed by atoms with van der Waals surface area (Å²) in [4.78, 5) is 13.9. The van der Waals surface area contributed by atoms with Crippen molar-refractivity contribution in [3.05, 3.63) is 0 Å². The van der Waals surface area contributed by atoms with Gasteiger partial charge in [-0.3, -0.25) is 4.79 Å². The molecule has 3 nitrogen and oxygen atoms in total. The van der Waals surface area contributed by atoms with Crippen molar-refractivity contribution in [2.75, 3.05) is 13.1 Å². The lowest BCUT2D eigenvalue weighted by Crippen LogP contribution is -2.42. The molecule has 0 bridgehead atoms. The van der Waals surface area contributed by atoms with Gasteiger partial charge in [-0.25, -0.2) is 0 Å². The normalized spacial score (nSPS) is 23.9. The Morgan fingerprint density at radius 3 is 2.87 bits per heavy atom. The minimum absolute atomic E-state index is 0.0412. The molecular formula is C12H24N2O. The molecular weight excluding hydrogens is 188 g/mol. The average Bonchev–Trinajstić information content (AvgIpc) is 2.28. The fraction of sp³-hybridized carbons (Fsp3) is 0.917. The van der Waals surface area contributed by atoms with Gasteiger partial charge >= 0.3 is 0 Å². The van der Waals surface area contributed by atoms with Crippen molar-refractivity contribution in [3.63, 3.8) is 0 Å². The number of rotatable bonds is 4. The van der Waals surface area contributed by atoms with E-state index < -0.39 is 0 Å². The zero-order valence-electron chi connectivity index (χ0n) is 10.0. The molecule has 15 heavy (non-hydrogen) atoms. The van der Waals surface area contributed by atoms with E-state index in [0.717, 1.165) is 25.9 Å². The second-order valence-corrected chi connectivity index (χ2v) is 4.63. The van der Waals surface area contributed by atoms with Crippen molar-refractivity contribution in [2.24, 2.45) is 11.7 Å². The molecule has 0 aromatic heterocycles. The summed E-state index contributed by atoms with van der Waals surface area (Å²) >= 11 is 0. The summed E-state index contributed by atoms with van der Waals surface area (Å²) in [5.41, 5.74) is 5.80. The number of hydrogen-bond donors (Lipinski definition) is 1. The first kappa shape index (κ1) is 12.5. The smallest absolute Gasteiger partial charge is 0.224 e. The number of hydrogen-bond acceptors (Lipinski definition) is 2. The van der Waals surface area contributed by atoms with Gasteiger partial charge in [-0.05, 0) is 25.2 Å². The van der Waals surface area contributed by atoms with E-state index in [9.17, 15) is 4.79 Å². The molecule has 0 saturated carbocycles. The molecule has 0 radical (unpaired) electrons. The van der Waals surface area contributed by atoms with Crippen molar-refractivity contribution >= 4 is 5.91 Å². The number of carbonyl (C=O) groups is 1. The van der Waals surface area contributed by atoms with Crippen molar-refractivity contribution < 1.29 is 4.79 Å². The van der Waals surface area contributed by atoms with Crippen LogP contribution < -0.4 is 5.73 Å². The molecule has 1 aliphatic rings. The first-order valence-electron chi connectivity index (χ1n) is 6.20. The van der Waals surface area contributed by atoms with Crippen LogP contribution in [-0.2, 0) is 4.79 Å². The Hall–Kier alpha value is -0.570. The van der Waals surface area contributed by atoms with Crippen molar-refractivity contribution in [2.45, 2.75) is 52.0 Å². The fourth-order valence-electron chi connectivity index (χ4n) is 2.12. The predicted molar refractivity (Wildman–Crippen MR) is 62.5 cm³/mol. The van der Waals surface area contributed by atoms with Gasteiger partial charge in [0, 0.05) is 25.6 Å². The van der Waals surface area contributed by atoms with Crippen LogP contribution in [0.1, 0.15) is 46.0 Å². The molecule has 3 heteroatoms. The van der Waals surface area contributed by atoms with E-state index in [1.807, 2.05) is 11.8 Å². The number of piperidine rings is 1. The second kappa shape index (κ2) is 6.11. The van der Waals surface area contributed by atoms with E-state index in [0.29, 0.717) is 12.3 Å². The highest BCUT2D eigenvalue weighted by atomic mass is 16.2. The van der Waals surface area contributed by atoms with Gasteiger partial charge in [-0.2, -0.15) is 0 Å². The van der Waals surface area contributed by atoms with Crippen LogP contribution in [0.5, 0.6) is 0 Å². The van der Waals surface area contributed by atoms with Crippen LogP contribution in [0.3, 0.4) is 0 Å². The summed E-state index contributed by atoms with van der Waals surface area (Å²) in [5.74, 6) is 0.961. The molecule has 1 saturated heterocycles. The topological polar surface area (TPSA) is 46.3 Å². The molecule has 0 aromatic carbocycles. The second-order valence-electron chi connectivity index (χ2n) is 4.63. The summed E-state index contributed by atoms with van der Waals surface area (Å²) in [6.45, 7) is 6.12. The maximum atomic E-state index is 11.9. The zero-order valence-corrected chi connectivity index (χ0v) is 10.0. The van der Waals surface area contributed by atoms with Crippen LogP contribution in [0.15, 0.2) is 0 Å². The molecule has 1 heterocycles.